The molecule has 94 valence electrons. The molecule has 0 radical (unpaired) electrons. The second kappa shape index (κ2) is 5.11. The van der Waals surface area contributed by atoms with Crippen molar-refractivity contribution in [2.24, 2.45) is 0 Å². The Morgan fingerprint density at radius 1 is 1.53 bits per heavy atom. The van der Waals surface area contributed by atoms with Gasteiger partial charge in [0.25, 0.3) is 0 Å². The first-order chi connectivity index (χ1) is 7.86. The molecule has 0 aliphatic rings. The lowest BCUT2D eigenvalue weighted by molar-refractivity contribution is -0.148. The number of aryl methyl sites for hydroxylation is 1. The predicted molar refractivity (Wildman–Crippen MR) is 50.8 cm³/mol. The fourth-order valence-electron chi connectivity index (χ4n) is 1.03. The minimum atomic E-state index is -4.22. The van der Waals surface area contributed by atoms with Crippen LogP contribution >= 0.6 is 0 Å². The Morgan fingerprint density at radius 3 is 2.65 bits per heavy atom. The number of rotatable bonds is 5. The summed E-state index contributed by atoms with van der Waals surface area (Å²) >= 11 is 0. The quantitative estimate of drug-likeness (QED) is 0.596. The minimum absolute atomic E-state index is 0.198. The van der Waals surface area contributed by atoms with Crippen LogP contribution in [0.1, 0.15) is 15.9 Å². The molecule has 1 heterocycles. The van der Waals surface area contributed by atoms with Crippen LogP contribution in [0.3, 0.4) is 0 Å². The van der Waals surface area contributed by atoms with Crippen LogP contribution in [0.4, 0.5) is 17.6 Å². The number of nitrogens with zero attached hydrogens (tertiary/aromatic N) is 1. The van der Waals surface area contributed by atoms with E-state index in [4.69, 9.17) is 0 Å². The molecule has 0 saturated heterocycles. The van der Waals surface area contributed by atoms with Crippen LogP contribution in [0.25, 0.3) is 0 Å². The van der Waals surface area contributed by atoms with E-state index < -0.39 is 19.0 Å². The highest BCUT2D eigenvalue weighted by Crippen LogP contribution is 2.24. The molecule has 1 aromatic heterocycles. The highest BCUT2D eigenvalue weighted by atomic mass is 19.3. The molecular weight excluding hydrogens is 242 g/mol. The van der Waals surface area contributed by atoms with Crippen molar-refractivity contribution < 1.29 is 27.1 Å². The van der Waals surface area contributed by atoms with Crippen LogP contribution in [-0.2, 0) is 0 Å². The van der Waals surface area contributed by atoms with Gasteiger partial charge in [-0.3, -0.25) is 4.79 Å². The summed E-state index contributed by atoms with van der Waals surface area (Å²) < 4.78 is 53.3. The average molecular weight is 251 g/mol. The Balaban J connectivity index is 2.73. The van der Waals surface area contributed by atoms with Crippen molar-refractivity contribution in [2.75, 3.05) is 6.61 Å². The van der Waals surface area contributed by atoms with Gasteiger partial charge >= 0.3 is 12.3 Å². The molecule has 0 aliphatic carbocycles. The molecule has 0 bridgehead atoms. The molecule has 17 heavy (non-hydrogen) atoms. The van der Waals surface area contributed by atoms with E-state index in [0.29, 0.717) is 11.8 Å². The maximum absolute atomic E-state index is 12.6. The molecule has 0 aliphatic heterocycles. The highest BCUT2D eigenvalue weighted by Gasteiger charge is 2.41. The molecular formula is C10H9F4NO2. The summed E-state index contributed by atoms with van der Waals surface area (Å²) in [5, 5.41) is 0. The second-order valence-electron chi connectivity index (χ2n) is 3.36. The number of aromatic nitrogens is 1. The molecule has 1 rings (SSSR count). The second-order valence-corrected chi connectivity index (χ2v) is 3.36. The number of alkyl halides is 4. The molecule has 0 amide bonds. The van der Waals surface area contributed by atoms with Gasteiger partial charge in [-0.15, -0.1) is 0 Å². The topological polar surface area (TPSA) is 39.2 Å². The molecule has 0 fully saturated rings. The molecule has 1 aromatic rings. The molecule has 0 atom stereocenters. The zero-order valence-corrected chi connectivity index (χ0v) is 8.79. The maximum Gasteiger partial charge on any atom is 0.340 e. The summed E-state index contributed by atoms with van der Waals surface area (Å²) in [7, 11) is 0. The fraction of sp³-hybridized carbons (Fsp3) is 0.400. The van der Waals surface area contributed by atoms with Gasteiger partial charge in [0, 0.05) is 17.3 Å². The minimum Gasteiger partial charge on any atom is -0.471 e. The number of ether oxygens (including phenoxy) is 1. The van der Waals surface area contributed by atoms with Gasteiger partial charge in [0.2, 0.25) is 5.88 Å². The third-order valence-corrected chi connectivity index (χ3v) is 1.91. The summed E-state index contributed by atoms with van der Waals surface area (Å²) in [6, 6.07) is 1.36. The van der Waals surface area contributed by atoms with Gasteiger partial charge < -0.3 is 4.74 Å². The van der Waals surface area contributed by atoms with Crippen molar-refractivity contribution in [2.45, 2.75) is 19.3 Å². The SMILES string of the molecule is Cc1cc(C=O)cnc1OCC(F)(F)C(F)F. The van der Waals surface area contributed by atoms with Gasteiger partial charge in [-0.1, -0.05) is 0 Å². The predicted octanol–water partition coefficient (Wildman–Crippen LogP) is 2.48. The lowest BCUT2D eigenvalue weighted by Gasteiger charge is -2.16. The van der Waals surface area contributed by atoms with Crippen LogP contribution in [0.5, 0.6) is 5.88 Å². The van der Waals surface area contributed by atoms with E-state index in [1.54, 1.807) is 0 Å². The van der Waals surface area contributed by atoms with Gasteiger partial charge in [0.1, 0.15) is 0 Å². The van der Waals surface area contributed by atoms with E-state index in [1.807, 2.05) is 0 Å². The molecule has 7 heteroatoms. The van der Waals surface area contributed by atoms with E-state index in [1.165, 1.54) is 13.0 Å². The van der Waals surface area contributed by atoms with E-state index in [-0.39, 0.29) is 11.4 Å². The van der Waals surface area contributed by atoms with Crippen LogP contribution in [0.15, 0.2) is 12.3 Å². The molecule has 0 aromatic carbocycles. The van der Waals surface area contributed by atoms with E-state index in [0.717, 1.165) is 6.20 Å². The smallest absolute Gasteiger partial charge is 0.340 e. The standard InChI is InChI=1S/C10H9F4NO2/c1-6-2-7(4-16)3-15-8(6)17-5-10(13,14)9(11)12/h2-4,9H,5H2,1H3. The van der Waals surface area contributed by atoms with Crippen molar-refractivity contribution in [3.8, 4) is 5.88 Å². The normalized spacial score (nSPS) is 11.6. The molecule has 0 spiro atoms. The Bertz CT molecular complexity index is 409. The number of hydrogen-bond acceptors (Lipinski definition) is 3. The van der Waals surface area contributed by atoms with Gasteiger partial charge in [0.05, 0.1) is 0 Å². The summed E-state index contributed by atoms with van der Waals surface area (Å²) in [6.45, 7) is 0.00872. The zero-order chi connectivity index (χ0) is 13.1. The van der Waals surface area contributed by atoms with Gasteiger partial charge in [0.15, 0.2) is 12.9 Å². The lowest BCUT2D eigenvalue weighted by atomic mass is 10.2. The van der Waals surface area contributed by atoms with Crippen LogP contribution in [-0.4, -0.2) is 30.2 Å². The summed E-state index contributed by atoms with van der Waals surface area (Å²) in [6.07, 6.45) is -2.16. The summed E-state index contributed by atoms with van der Waals surface area (Å²) in [4.78, 5) is 14.0. The van der Waals surface area contributed by atoms with Gasteiger partial charge in [-0.25, -0.2) is 13.8 Å². The highest BCUT2D eigenvalue weighted by molar-refractivity contribution is 5.74. The third-order valence-electron chi connectivity index (χ3n) is 1.91. The maximum atomic E-state index is 12.6. The Kier molecular flexibility index (Phi) is 4.03. The first-order valence-corrected chi connectivity index (χ1v) is 4.57. The molecule has 0 N–H and O–H groups in total. The lowest BCUT2D eigenvalue weighted by Crippen LogP contribution is -2.34. The Morgan fingerprint density at radius 2 is 2.18 bits per heavy atom. The van der Waals surface area contributed by atoms with Crippen molar-refractivity contribution in [3.05, 3.63) is 23.4 Å². The largest absolute Gasteiger partial charge is 0.471 e. The zero-order valence-electron chi connectivity index (χ0n) is 8.79. The van der Waals surface area contributed by atoms with E-state index >= 15 is 0 Å². The van der Waals surface area contributed by atoms with Gasteiger partial charge in [-0.2, -0.15) is 8.78 Å². The van der Waals surface area contributed by atoms with Crippen molar-refractivity contribution in [3.63, 3.8) is 0 Å². The summed E-state index contributed by atoms with van der Waals surface area (Å²) in [5.41, 5.74) is 0.565. The first-order valence-electron chi connectivity index (χ1n) is 4.57. The van der Waals surface area contributed by atoms with E-state index in [2.05, 4.69) is 9.72 Å². The number of halogens is 4. The van der Waals surface area contributed by atoms with Crippen LogP contribution < -0.4 is 4.74 Å². The molecule has 0 unspecified atom stereocenters. The van der Waals surface area contributed by atoms with Crippen molar-refractivity contribution in [1.82, 2.24) is 4.98 Å². The number of hydrogen-bond donors (Lipinski definition) is 0. The summed E-state index contributed by atoms with van der Waals surface area (Å²) in [5.74, 6) is -4.42. The van der Waals surface area contributed by atoms with Crippen LogP contribution in [0, 0.1) is 6.92 Å². The van der Waals surface area contributed by atoms with Crippen LogP contribution in [0.2, 0.25) is 0 Å². The first kappa shape index (κ1) is 13.4. The third kappa shape index (κ3) is 3.40. The number of carbonyl (C=O) groups excluding carboxylic acids is 1. The number of carbonyl (C=O) groups is 1. The number of pyridine rings is 1. The monoisotopic (exact) mass is 251 g/mol. The number of aldehydes is 1. The molecule has 3 nitrogen and oxygen atoms in total. The average Bonchev–Trinajstić information content (AvgIpc) is 2.27. The van der Waals surface area contributed by atoms with Crippen molar-refractivity contribution >= 4 is 6.29 Å². The van der Waals surface area contributed by atoms with Crippen molar-refractivity contribution in [1.29, 1.82) is 0 Å². The Hall–Kier alpha value is -1.66. The Labute approximate surface area is 94.4 Å². The van der Waals surface area contributed by atoms with E-state index in [9.17, 15) is 22.4 Å². The fourth-order valence-corrected chi connectivity index (χ4v) is 1.03. The molecule has 0 saturated carbocycles. The van der Waals surface area contributed by atoms with Gasteiger partial charge in [-0.05, 0) is 13.0 Å².